The molecule has 1 saturated carbocycles. The predicted octanol–water partition coefficient (Wildman–Crippen LogP) is 5.18. The molecule has 1 unspecified atom stereocenters. The molecule has 1 fully saturated rings. The summed E-state index contributed by atoms with van der Waals surface area (Å²) in [6, 6.07) is 4.56. The second-order valence-electron chi connectivity index (χ2n) is 8.86. The molecule has 2 rings (SSSR count). The van der Waals surface area contributed by atoms with Crippen LogP contribution in [0.5, 0.6) is 0 Å². The van der Waals surface area contributed by atoms with Gasteiger partial charge in [0, 0.05) is 27.4 Å². The summed E-state index contributed by atoms with van der Waals surface area (Å²) in [5.41, 5.74) is 5.78. The molecule has 1 atom stereocenters. The van der Waals surface area contributed by atoms with Gasteiger partial charge in [0.1, 0.15) is 0 Å². The second-order valence-corrected chi connectivity index (χ2v) is 10.1. The first-order chi connectivity index (χ1) is 15.3. The van der Waals surface area contributed by atoms with Crippen molar-refractivity contribution in [2.45, 2.75) is 95.9 Å². The molecular formula is C25H41NO5S. The Kier molecular flexibility index (Phi) is 14.2. The van der Waals surface area contributed by atoms with E-state index in [0.29, 0.717) is 12.2 Å². The van der Waals surface area contributed by atoms with Crippen LogP contribution in [-0.2, 0) is 22.4 Å². The number of rotatable bonds is 13. The molecule has 0 radical (unpaired) electrons. The molecule has 0 aromatic carbocycles. The topological polar surface area (TPSA) is 121 Å². The molecule has 1 aromatic heterocycles. The van der Waals surface area contributed by atoms with E-state index < -0.39 is 17.5 Å². The van der Waals surface area contributed by atoms with Gasteiger partial charge >= 0.3 is 11.9 Å². The number of thiophene rings is 1. The van der Waals surface area contributed by atoms with Gasteiger partial charge in [0.2, 0.25) is 0 Å². The Hall–Kier alpha value is -1.70. The van der Waals surface area contributed by atoms with Gasteiger partial charge in [-0.15, -0.1) is 11.3 Å². The van der Waals surface area contributed by atoms with Crippen LogP contribution in [0.2, 0.25) is 0 Å². The van der Waals surface area contributed by atoms with E-state index in [-0.39, 0.29) is 6.61 Å². The fourth-order valence-electron chi connectivity index (χ4n) is 3.96. The number of carboxylic acids is 2. The number of aliphatic carboxylic acids is 2. The van der Waals surface area contributed by atoms with E-state index in [2.05, 4.69) is 19.1 Å². The molecular weight excluding hydrogens is 426 g/mol. The molecule has 0 saturated heterocycles. The first kappa shape index (κ1) is 28.3. The lowest BCUT2D eigenvalue weighted by Gasteiger charge is -2.25. The summed E-state index contributed by atoms with van der Waals surface area (Å²) in [5, 5.41) is 25.0. The first-order valence-corrected chi connectivity index (χ1v) is 12.7. The van der Waals surface area contributed by atoms with Crippen LogP contribution in [0.25, 0.3) is 0 Å². The zero-order chi connectivity index (χ0) is 23.8. The summed E-state index contributed by atoms with van der Waals surface area (Å²) >= 11 is 1.94. The summed E-state index contributed by atoms with van der Waals surface area (Å²) in [5.74, 6) is -1.48. The highest BCUT2D eigenvalue weighted by Crippen LogP contribution is 2.28. The molecule has 0 aliphatic heterocycles. The van der Waals surface area contributed by atoms with Crippen molar-refractivity contribution in [3.8, 4) is 0 Å². The van der Waals surface area contributed by atoms with Gasteiger partial charge in [-0.05, 0) is 50.2 Å². The van der Waals surface area contributed by atoms with Crippen LogP contribution in [0.1, 0.15) is 87.3 Å². The van der Waals surface area contributed by atoms with Crippen LogP contribution in [0.3, 0.4) is 0 Å². The Bertz CT molecular complexity index is 674. The van der Waals surface area contributed by atoms with Crippen molar-refractivity contribution in [3.05, 3.63) is 34.0 Å². The lowest BCUT2D eigenvalue weighted by Crippen LogP contribution is -2.43. The average molecular weight is 468 g/mol. The molecule has 0 bridgehead atoms. The zero-order valence-corrected chi connectivity index (χ0v) is 20.2. The summed E-state index contributed by atoms with van der Waals surface area (Å²) in [4.78, 5) is 22.0. The Morgan fingerprint density at radius 1 is 1.03 bits per heavy atom. The lowest BCUT2D eigenvalue weighted by atomic mass is 9.85. The number of hydrogen-bond acceptors (Lipinski definition) is 5. The molecule has 182 valence electrons. The Morgan fingerprint density at radius 3 is 2.16 bits per heavy atom. The van der Waals surface area contributed by atoms with Crippen molar-refractivity contribution in [2.75, 3.05) is 6.61 Å². The third-order valence-electron chi connectivity index (χ3n) is 6.23. The monoisotopic (exact) mass is 467 g/mol. The fourth-order valence-corrected chi connectivity index (χ4v) is 5.02. The van der Waals surface area contributed by atoms with Gasteiger partial charge in [-0.1, -0.05) is 58.3 Å². The molecule has 0 amide bonds. The van der Waals surface area contributed by atoms with Gasteiger partial charge in [-0.3, -0.25) is 0 Å². The fraction of sp³-hybridized carbons (Fsp3) is 0.680. The highest BCUT2D eigenvalue weighted by Gasteiger charge is 2.21. The van der Waals surface area contributed by atoms with E-state index >= 15 is 0 Å². The van der Waals surface area contributed by atoms with Crippen LogP contribution < -0.4 is 5.73 Å². The maximum absolute atomic E-state index is 9.55. The van der Waals surface area contributed by atoms with Gasteiger partial charge in [-0.2, -0.15) is 0 Å². The van der Waals surface area contributed by atoms with E-state index in [1.807, 2.05) is 11.3 Å². The number of nitrogens with two attached hydrogens (primary N) is 1. The normalized spacial score (nSPS) is 16.3. The molecule has 1 aromatic rings. The summed E-state index contributed by atoms with van der Waals surface area (Å²) in [7, 11) is 0. The standard InChI is InChI=1S/C21H37NOS.C4H4O4/c1-2-21(22,17-23)16-15-20-14-13-19(24-20)12-8-4-7-11-18-9-5-3-6-10-18;5-3(6)1-2-4(7)8/h13-14,18,23H,2-12,15-17,22H2,1H3;1-2H,(H,5,6)(H,7,8)/b;2-1-. The lowest BCUT2D eigenvalue weighted by molar-refractivity contribution is -0.134. The Balaban J connectivity index is 0.000000547. The molecule has 5 N–H and O–H groups in total. The largest absolute Gasteiger partial charge is 0.478 e. The van der Waals surface area contributed by atoms with E-state index in [4.69, 9.17) is 15.9 Å². The van der Waals surface area contributed by atoms with Crippen molar-refractivity contribution >= 4 is 23.3 Å². The molecule has 1 aliphatic rings. The number of hydrogen-bond donors (Lipinski definition) is 4. The second kappa shape index (κ2) is 16.0. The number of carbonyl (C=O) groups is 2. The number of aliphatic hydroxyl groups excluding tert-OH is 1. The minimum Gasteiger partial charge on any atom is -0.478 e. The first-order valence-electron chi connectivity index (χ1n) is 11.9. The quantitative estimate of drug-likeness (QED) is 0.234. The van der Waals surface area contributed by atoms with Crippen molar-refractivity contribution in [3.63, 3.8) is 0 Å². The van der Waals surface area contributed by atoms with Gasteiger partial charge < -0.3 is 21.1 Å². The predicted molar refractivity (Wildman–Crippen MR) is 130 cm³/mol. The molecule has 32 heavy (non-hydrogen) atoms. The van der Waals surface area contributed by atoms with E-state index in [0.717, 1.165) is 25.2 Å². The highest BCUT2D eigenvalue weighted by molar-refractivity contribution is 7.11. The Labute approximate surface area is 196 Å². The Morgan fingerprint density at radius 2 is 1.62 bits per heavy atom. The van der Waals surface area contributed by atoms with Crippen molar-refractivity contribution in [1.82, 2.24) is 0 Å². The molecule has 6 nitrogen and oxygen atoms in total. The molecule has 7 heteroatoms. The van der Waals surface area contributed by atoms with Crippen molar-refractivity contribution in [2.24, 2.45) is 11.7 Å². The van der Waals surface area contributed by atoms with E-state index in [1.54, 1.807) is 0 Å². The van der Waals surface area contributed by atoms with Gasteiger partial charge in [0.05, 0.1) is 6.61 Å². The summed E-state index contributed by atoms with van der Waals surface area (Å²) < 4.78 is 0. The highest BCUT2D eigenvalue weighted by atomic mass is 32.1. The number of unbranched alkanes of at least 4 members (excludes halogenated alkanes) is 2. The minimum atomic E-state index is -1.26. The van der Waals surface area contributed by atoms with Crippen molar-refractivity contribution < 1.29 is 24.9 Å². The van der Waals surface area contributed by atoms with Crippen LogP contribution in [0, 0.1) is 5.92 Å². The number of aryl methyl sites for hydroxylation is 2. The summed E-state index contributed by atoms with van der Waals surface area (Å²) in [6.45, 7) is 2.14. The third-order valence-corrected chi connectivity index (χ3v) is 7.44. The van der Waals surface area contributed by atoms with Crippen LogP contribution >= 0.6 is 11.3 Å². The van der Waals surface area contributed by atoms with Crippen LogP contribution in [0.4, 0.5) is 0 Å². The zero-order valence-electron chi connectivity index (χ0n) is 19.4. The van der Waals surface area contributed by atoms with Gasteiger partial charge in [0.15, 0.2) is 0 Å². The average Bonchev–Trinajstić information content (AvgIpc) is 3.25. The number of aliphatic hydroxyl groups is 1. The smallest absolute Gasteiger partial charge is 0.328 e. The van der Waals surface area contributed by atoms with E-state index in [1.165, 1.54) is 74.0 Å². The van der Waals surface area contributed by atoms with Gasteiger partial charge in [-0.25, -0.2) is 9.59 Å². The molecule has 0 spiro atoms. The number of carboxylic acid groups (broad SMARTS) is 2. The SMILES string of the molecule is CCC(N)(CO)CCc1ccc(CCCCCC2CCCCC2)s1.O=C(O)/C=C\C(=O)O. The third kappa shape index (κ3) is 13.0. The summed E-state index contributed by atoms with van der Waals surface area (Å²) in [6.07, 6.45) is 18.1. The van der Waals surface area contributed by atoms with Crippen LogP contribution in [0.15, 0.2) is 24.3 Å². The van der Waals surface area contributed by atoms with Crippen molar-refractivity contribution in [1.29, 1.82) is 0 Å². The maximum Gasteiger partial charge on any atom is 0.328 e. The maximum atomic E-state index is 9.55. The molecule has 1 aliphatic carbocycles. The minimum absolute atomic E-state index is 0.0860. The molecule has 1 heterocycles. The van der Waals surface area contributed by atoms with E-state index in [9.17, 15) is 14.7 Å². The van der Waals surface area contributed by atoms with Gasteiger partial charge in [0.25, 0.3) is 0 Å². The van der Waals surface area contributed by atoms with Crippen LogP contribution in [-0.4, -0.2) is 39.4 Å².